The molecule has 0 spiro atoms. The van der Waals surface area contributed by atoms with Crippen molar-refractivity contribution >= 4 is 0 Å². The van der Waals surface area contributed by atoms with Crippen LogP contribution in [0.3, 0.4) is 0 Å². The van der Waals surface area contributed by atoms with Crippen molar-refractivity contribution in [3.8, 4) is 0 Å². The van der Waals surface area contributed by atoms with Gasteiger partial charge in [-0.3, -0.25) is 0 Å². The molecule has 2 nitrogen and oxygen atoms in total. The SMILES string of the molecule is CCC1(O)CCC2(C)C(CCC3C2CCC2(C)C3CCC2[C@H](C)[C@H](O)CC2CCCC2)C1. The molecule has 5 rings (SSSR count). The fourth-order valence-corrected chi connectivity index (χ4v) is 10.6. The molecule has 5 fully saturated rings. The fraction of sp³-hybridized carbons (Fsp3) is 1.00. The average molecular weight is 445 g/mol. The second kappa shape index (κ2) is 8.54. The van der Waals surface area contributed by atoms with Gasteiger partial charge in [0.15, 0.2) is 0 Å². The van der Waals surface area contributed by atoms with Crippen LogP contribution in [-0.4, -0.2) is 21.9 Å². The minimum absolute atomic E-state index is 0.0882. The molecule has 32 heavy (non-hydrogen) atoms. The van der Waals surface area contributed by atoms with Crippen LogP contribution in [0.2, 0.25) is 0 Å². The van der Waals surface area contributed by atoms with Crippen LogP contribution in [0.4, 0.5) is 0 Å². The molecule has 8 unspecified atom stereocenters. The highest BCUT2D eigenvalue weighted by molar-refractivity contribution is 5.11. The molecule has 0 aliphatic heterocycles. The van der Waals surface area contributed by atoms with E-state index in [2.05, 4.69) is 27.7 Å². The van der Waals surface area contributed by atoms with Crippen LogP contribution in [-0.2, 0) is 0 Å². The summed E-state index contributed by atoms with van der Waals surface area (Å²) in [5.41, 5.74) is 0.514. The van der Waals surface area contributed by atoms with Crippen molar-refractivity contribution in [1.29, 1.82) is 0 Å². The topological polar surface area (TPSA) is 40.5 Å². The van der Waals surface area contributed by atoms with Gasteiger partial charge in [0.05, 0.1) is 11.7 Å². The first-order valence-corrected chi connectivity index (χ1v) is 14.6. The monoisotopic (exact) mass is 444 g/mol. The highest BCUT2D eigenvalue weighted by Crippen LogP contribution is 2.69. The molecule has 5 saturated carbocycles. The second-order valence-corrected chi connectivity index (χ2v) is 14.0. The van der Waals surface area contributed by atoms with Gasteiger partial charge in [0.25, 0.3) is 0 Å². The Hall–Kier alpha value is -0.0800. The van der Waals surface area contributed by atoms with Crippen molar-refractivity contribution in [2.24, 2.45) is 52.3 Å². The van der Waals surface area contributed by atoms with Gasteiger partial charge >= 0.3 is 0 Å². The summed E-state index contributed by atoms with van der Waals surface area (Å²) in [5.74, 6) is 5.34. The Morgan fingerprint density at radius 2 is 1.56 bits per heavy atom. The van der Waals surface area contributed by atoms with Crippen molar-refractivity contribution in [2.45, 2.75) is 136 Å². The Labute approximate surface area is 198 Å². The maximum atomic E-state index is 11.2. The summed E-state index contributed by atoms with van der Waals surface area (Å²) in [7, 11) is 0. The van der Waals surface area contributed by atoms with Crippen LogP contribution < -0.4 is 0 Å². The number of hydrogen-bond donors (Lipinski definition) is 2. The first-order chi connectivity index (χ1) is 15.2. The Bertz CT molecular complexity index is 670. The van der Waals surface area contributed by atoms with Gasteiger partial charge in [-0.25, -0.2) is 0 Å². The van der Waals surface area contributed by atoms with E-state index in [1.54, 1.807) is 0 Å². The zero-order chi connectivity index (χ0) is 22.7. The molecule has 5 aliphatic carbocycles. The molecule has 0 radical (unpaired) electrons. The minimum Gasteiger partial charge on any atom is -0.393 e. The summed E-state index contributed by atoms with van der Waals surface area (Å²) in [6, 6.07) is 0. The summed E-state index contributed by atoms with van der Waals surface area (Å²) in [6.07, 6.45) is 19.0. The summed E-state index contributed by atoms with van der Waals surface area (Å²) >= 11 is 0. The summed E-state index contributed by atoms with van der Waals surface area (Å²) in [6.45, 7) is 9.83. The smallest absolute Gasteiger partial charge is 0.0648 e. The lowest BCUT2D eigenvalue weighted by atomic mass is 9.43. The predicted molar refractivity (Wildman–Crippen MR) is 132 cm³/mol. The van der Waals surface area contributed by atoms with Gasteiger partial charge in [-0.05, 0) is 123 Å². The zero-order valence-electron chi connectivity index (χ0n) is 21.6. The lowest BCUT2D eigenvalue weighted by molar-refractivity contribution is -0.154. The van der Waals surface area contributed by atoms with Crippen molar-refractivity contribution in [2.75, 3.05) is 0 Å². The van der Waals surface area contributed by atoms with E-state index in [-0.39, 0.29) is 11.7 Å². The van der Waals surface area contributed by atoms with Gasteiger partial charge in [0, 0.05) is 0 Å². The van der Waals surface area contributed by atoms with E-state index in [4.69, 9.17) is 0 Å². The molecule has 0 heterocycles. The zero-order valence-corrected chi connectivity index (χ0v) is 21.6. The molecule has 0 aromatic carbocycles. The van der Waals surface area contributed by atoms with Crippen molar-refractivity contribution < 1.29 is 10.2 Å². The third-order valence-electron chi connectivity index (χ3n) is 12.8. The van der Waals surface area contributed by atoms with Gasteiger partial charge in [-0.2, -0.15) is 0 Å². The normalized spacial score (nSPS) is 51.0. The number of hydrogen-bond acceptors (Lipinski definition) is 2. The molecule has 0 aromatic rings. The molecular weight excluding hydrogens is 392 g/mol. The Morgan fingerprint density at radius 1 is 0.844 bits per heavy atom. The summed E-state index contributed by atoms with van der Waals surface area (Å²) in [5, 5.41) is 22.3. The van der Waals surface area contributed by atoms with E-state index in [0.29, 0.717) is 22.7 Å². The number of aliphatic hydroxyl groups is 2. The van der Waals surface area contributed by atoms with Crippen molar-refractivity contribution in [3.63, 3.8) is 0 Å². The maximum absolute atomic E-state index is 11.2. The summed E-state index contributed by atoms with van der Waals surface area (Å²) in [4.78, 5) is 0. The lowest BCUT2D eigenvalue weighted by Crippen LogP contribution is -2.56. The molecule has 0 amide bonds. The van der Waals surface area contributed by atoms with Crippen LogP contribution in [0.5, 0.6) is 0 Å². The van der Waals surface area contributed by atoms with E-state index in [0.717, 1.165) is 55.3 Å². The maximum Gasteiger partial charge on any atom is 0.0648 e. The van der Waals surface area contributed by atoms with E-state index >= 15 is 0 Å². The van der Waals surface area contributed by atoms with Crippen molar-refractivity contribution in [3.05, 3.63) is 0 Å². The highest BCUT2D eigenvalue weighted by Gasteiger charge is 2.61. The molecule has 184 valence electrons. The van der Waals surface area contributed by atoms with Gasteiger partial charge in [0.2, 0.25) is 0 Å². The third kappa shape index (κ3) is 3.73. The van der Waals surface area contributed by atoms with E-state index in [1.807, 2.05) is 0 Å². The van der Waals surface area contributed by atoms with E-state index in [9.17, 15) is 10.2 Å². The quantitative estimate of drug-likeness (QED) is 0.465. The van der Waals surface area contributed by atoms with Crippen LogP contribution in [0.25, 0.3) is 0 Å². The van der Waals surface area contributed by atoms with Gasteiger partial charge in [0.1, 0.15) is 0 Å². The van der Waals surface area contributed by atoms with Crippen LogP contribution >= 0.6 is 0 Å². The molecule has 0 aromatic heterocycles. The summed E-state index contributed by atoms with van der Waals surface area (Å²) < 4.78 is 0. The Balaban J connectivity index is 1.29. The average Bonchev–Trinajstić information content (AvgIpc) is 3.41. The molecule has 0 saturated heterocycles. The van der Waals surface area contributed by atoms with E-state index < -0.39 is 0 Å². The first kappa shape index (κ1) is 23.7. The Kier molecular flexibility index (Phi) is 6.31. The molecule has 0 bridgehead atoms. The standard InChI is InChI=1S/C30H52O2/c1-5-30(32)17-16-28(3)22(19-30)10-11-23-25-13-12-24(29(25,4)15-14-26(23)28)20(2)27(31)18-21-8-6-7-9-21/h20-27,31-32H,5-19H2,1-4H3/t20-,22?,23?,24?,25?,26?,27+,28?,29?,30?/m0/s1. The van der Waals surface area contributed by atoms with Gasteiger partial charge in [-0.15, -0.1) is 0 Å². The lowest BCUT2D eigenvalue weighted by Gasteiger charge is -2.62. The van der Waals surface area contributed by atoms with Crippen LogP contribution in [0.15, 0.2) is 0 Å². The molecule has 10 atom stereocenters. The molecule has 5 aliphatic rings. The molecular formula is C30H52O2. The van der Waals surface area contributed by atoms with Gasteiger partial charge < -0.3 is 10.2 Å². The minimum atomic E-state index is -0.385. The number of aliphatic hydroxyl groups excluding tert-OH is 1. The largest absolute Gasteiger partial charge is 0.393 e. The number of rotatable bonds is 5. The Morgan fingerprint density at radius 3 is 2.28 bits per heavy atom. The highest BCUT2D eigenvalue weighted by atomic mass is 16.3. The fourth-order valence-electron chi connectivity index (χ4n) is 10.6. The predicted octanol–water partition coefficient (Wildman–Crippen LogP) is 7.36. The first-order valence-electron chi connectivity index (χ1n) is 14.6. The van der Waals surface area contributed by atoms with Crippen molar-refractivity contribution in [1.82, 2.24) is 0 Å². The number of fused-ring (bicyclic) bond motifs is 5. The second-order valence-electron chi connectivity index (χ2n) is 14.0. The van der Waals surface area contributed by atoms with Crippen LogP contribution in [0.1, 0.15) is 124 Å². The molecule has 2 N–H and O–H groups in total. The molecule has 2 heteroatoms. The third-order valence-corrected chi connectivity index (χ3v) is 12.8. The van der Waals surface area contributed by atoms with Crippen LogP contribution in [0, 0.1) is 52.3 Å². The van der Waals surface area contributed by atoms with Gasteiger partial charge in [-0.1, -0.05) is 53.4 Å². The van der Waals surface area contributed by atoms with E-state index in [1.165, 1.54) is 70.6 Å².